The zero-order chi connectivity index (χ0) is 23.5. The number of sulfonamides is 1. The first-order valence-corrected chi connectivity index (χ1v) is 13.8. The van der Waals surface area contributed by atoms with E-state index in [1.807, 2.05) is 0 Å². The fourth-order valence-electron chi connectivity index (χ4n) is 4.75. The molecule has 2 aliphatic carbocycles. The Balaban J connectivity index is 1.76. The summed E-state index contributed by atoms with van der Waals surface area (Å²) in [4.78, 5) is 14.6. The summed E-state index contributed by atoms with van der Waals surface area (Å²) < 4.78 is 29.0. The van der Waals surface area contributed by atoms with Crippen LogP contribution in [-0.4, -0.2) is 30.4 Å². The Labute approximate surface area is 197 Å². The highest BCUT2D eigenvalue weighted by atomic mass is 32.2. The predicted octanol–water partition coefficient (Wildman–Crippen LogP) is 4.66. The van der Waals surface area contributed by atoms with E-state index in [0.717, 1.165) is 64.2 Å². The van der Waals surface area contributed by atoms with Crippen molar-refractivity contribution in [2.24, 2.45) is 0 Å². The van der Waals surface area contributed by atoms with E-state index in [-0.39, 0.29) is 22.8 Å². The quantitative estimate of drug-likeness (QED) is 0.365. The lowest BCUT2D eigenvalue weighted by Gasteiger charge is -2.25. The van der Waals surface area contributed by atoms with Gasteiger partial charge in [-0.25, -0.2) is 8.42 Å². The largest absolute Gasteiger partial charge is 0.381 e. The molecule has 3 N–H and O–H groups in total. The van der Waals surface area contributed by atoms with Gasteiger partial charge in [0.15, 0.2) is 5.82 Å². The fourth-order valence-corrected chi connectivity index (χ4v) is 5.88. The lowest BCUT2D eigenvalue weighted by Crippen LogP contribution is -2.38. The number of nitrogens with zero attached hydrogens (tertiary/aromatic N) is 2. The molecule has 0 aromatic carbocycles. The highest BCUT2D eigenvalue weighted by molar-refractivity contribution is 7.89. The summed E-state index contributed by atoms with van der Waals surface area (Å²) >= 11 is 0. The molecule has 0 amide bonds. The number of rotatable bonds is 8. The molecular formula is C23H37N5O4S. The number of hydrogen-bond donors (Lipinski definition) is 3. The molecule has 3 rings (SSSR count). The monoisotopic (exact) mass is 479 g/mol. The molecule has 0 bridgehead atoms. The molecule has 33 heavy (non-hydrogen) atoms. The standard InChI is InChI=1S/C23H37N5O4S/c29-28(30)18-23(26-20-13-9-5-2-6-10-14-20)27-33(31,32)22-17-24-16-15-21(22)25-19-11-7-3-1-4-8-12-19/h15-20,26-27H,1-14H2,(H,24,25)/b23-18-. The Bertz CT molecular complexity index is 890. The summed E-state index contributed by atoms with van der Waals surface area (Å²) in [5.74, 6) is -0.105. The molecule has 0 unspecified atom stereocenters. The van der Waals surface area contributed by atoms with Crippen LogP contribution in [0.1, 0.15) is 89.9 Å². The lowest BCUT2D eigenvalue weighted by atomic mass is 9.96. The smallest absolute Gasteiger partial charge is 0.275 e. The van der Waals surface area contributed by atoms with E-state index < -0.39 is 14.9 Å². The lowest BCUT2D eigenvalue weighted by molar-refractivity contribution is -0.404. The molecule has 10 heteroatoms. The first-order valence-electron chi connectivity index (χ1n) is 12.3. The van der Waals surface area contributed by atoms with Crippen molar-refractivity contribution < 1.29 is 13.3 Å². The van der Waals surface area contributed by atoms with Gasteiger partial charge in [-0.05, 0) is 31.7 Å². The van der Waals surface area contributed by atoms with Gasteiger partial charge in [-0.3, -0.25) is 19.8 Å². The number of aromatic nitrogens is 1. The molecule has 9 nitrogen and oxygen atoms in total. The summed E-state index contributed by atoms with van der Waals surface area (Å²) in [6.07, 6.45) is 18.6. The van der Waals surface area contributed by atoms with Gasteiger partial charge in [-0.1, -0.05) is 64.2 Å². The van der Waals surface area contributed by atoms with E-state index in [9.17, 15) is 18.5 Å². The molecular weight excluding hydrogens is 442 g/mol. The number of pyridine rings is 1. The minimum atomic E-state index is -4.08. The van der Waals surface area contributed by atoms with E-state index in [4.69, 9.17) is 0 Å². The second kappa shape index (κ2) is 12.8. The van der Waals surface area contributed by atoms with Gasteiger partial charge in [0.25, 0.3) is 16.2 Å². The van der Waals surface area contributed by atoms with Crippen LogP contribution in [-0.2, 0) is 10.0 Å². The third-order valence-electron chi connectivity index (χ3n) is 6.48. The zero-order valence-corrected chi connectivity index (χ0v) is 20.1. The van der Waals surface area contributed by atoms with Gasteiger partial charge in [0.1, 0.15) is 4.90 Å². The number of anilines is 1. The molecule has 0 aliphatic heterocycles. The summed E-state index contributed by atoms with van der Waals surface area (Å²) in [6.45, 7) is 0. The van der Waals surface area contributed by atoms with E-state index in [0.29, 0.717) is 11.9 Å². The average Bonchev–Trinajstić information content (AvgIpc) is 2.71. The highest BCUT2D eigenvalue weighted by Crippen LogP contribution is 2.25. The summed E-state index contributed by atoms with van der Waals surface area (Å²) in [5.41, 5.74) is 0.481. The molecule has 2 fully saturated rings. The summed E-state index contributed by atoms with van der Waals surface area (Å²) in [5, 5.41) is 17.7. The Morgan fingerprint density at radius 3 is 2.06 bits per heavy atom. The minimum absolute atomic E-state index is 0.000572. The van der Waals surface area contributed by atoms with Crippen molar-refractivity contribution in [2.45, 2.75) is 107 Å². The zero-order valence-electron chi connectivity index (χ0n) is 19.3. The SMILES string of the molecule is O=[N+]([O-])/C=C(/NC1CCCCCCC1)NS(=O)(=O)c1cnccc1NC1CCCCCCC1. The molecule has 2 saturated carbocycles. The molecule has 0 atom stereocenters. The van der Waals surface area contributed by atoms with Crippen molar-refractivity contribution in [3.63, 3.8) is 0 Å². The Kier molecular flexibility index (Phi) is 9.77. The van der Waals surface area contributed by atoms with Gasteiger partial charge >= 0.3 is 0 Å². The summed E-state index contributed by atoms with van der Waals surface area (Å²) in [6, 6.07) is 1.86. The maximum absolute atomic E-state index is 13.3. The van der Waals surface area contributed by atoms with Crippen molar-refractivity contribution in [1.29, 1.82) is 0 Å². The molecule has 1 heterocycles. The van der Waals surface area contributed by atoms with Gasteiger partial charge in [0, 0.05) is 24.5 Å². The molecule has 184 valence electrons. The van der Waals surface area contributed by atoms with Crippen LogP contribution >= 0.6 is 0 Å². The van der Waals surface area contributed by atoms with Crippen molar-refractivity contribution in [3.05, 3.63) is 40.6 Å². The van der Waals surface area contributed by atoms with E-state index in [1.54, 1.807) is 12.3 Å². The fraction of sp³-hybridized carbons (Fsp3) is 0.696. The van der Waals surface area contributed by atoms with Crippen LogP contribution < -0.4 is 15.4 Å². The third kappa shape index (κ3) is 8.49. The number of hydrogen-bond acceptors (Lipinski definition) is 7. The minimum Gasteiger partial charge on any atom is -0.381 e. The van der Waals surface area contributed by atoms with Crippen molar-refractivity contribution in [2.75, 3.05) is 5.32 Å². The maximum Gasteiger partial charge on any atom is 0.275 e. The van der Waals surface area contributed by atoms with Gasteiger partial charge in [0.2, 0.25) is 0 Å². The van der Waals surface area contributed by atoms with Crippen LogP contribution in [0.3, 0.4) is 0 Å². The summed E-state index contributed by atoms with van der Waals surface area (Å²) in [7, 11) is -4.08. The molecule has 0 radical (unpaired) electrons. The first kappa shape index (κ1) is 25.3. The topological polar surface area (TPSA) is 126 Å². The van der Waals surface area contributed by atoms with Crippen molar-refractivity contribution in [3.8, 4) is 0 Å². The molecule has 2 aliphatic rings. The van der Waals surface area contributed by atoms with Crippen LogP contribution in [0.25, 0.3) is 0 Å². The molecule has 0 spiro atoms. The number of nitro groups is 1. The second-order valence-electron chi connectivity index (χ2n) is 9.18. The van der Waals surface area contributed by atoms with E-state index >= 15 is 0 Å². The second-order valence-corrected chi connectivity index (χ2v) is 10.8. The molecule has 1 aromatic rings. The van der Waals surface area contributed by atoms with Gasteiger partial charge in [-0.15, -0.1) is 0 Å². The van der Waals surface area contributed by atoms with Crippen LogP contribution in [0.2, 0.25) is 0 Å². The van der Waals surface area contributed by atoms with Crippen molar-refractivity contribution >= 4 is 15.7 Å². The van der Waals surface area contributed by atoms with Crippen LogP contribution in [0.4, 0.5) is 5.69 Å². The van der Waals surface area contributed by atoms with Crippen LogP contribution in [0.5, 0.6) is 0 Å². The maximum atomic E-state index is 13.3. The third-order valence-corrected chi connectivity index (χ3v) is 7.88. The van der Waals surface area contributed by atoms with E-state index in [2.05, 4.69) is 20.3 Å². The van der Waals surface area contributed by atoms with Gasteiger partial charge in [0.05, 0.1) is 10.6 Å². The highest BCUT2D eigenvalue weighted by Gasteiger charge is 2.24. The van der Waals surface area contributed by atoms with Crippen LogP contribution in [0, 0.1) is 10.1 Å². The van der Waals surface area contributed by atoms with Gasteiger partial charge < -0.3 is 10.6 Å². The Morgan fingerprint density at radius 1 is 0.939 bits per heavy atom. The van der Waals surface area contributed by atoms with Gasteiger partial charge in [-0.2, -0.15) is 0 Å². The molecule has 0 saturated heterocycles. The average molecular weight is 480 g/mol. The Hall–Kier alpha value is -2.36. The Morgan fingerprint density at radius 2 is 1.48 bits per heavy atom. The van der Waals surface area contributed by atoms with Crippen molar-refractivity contribution in [1.82, 2.24) is 15.0 Å². The predicted molar refractivity (Wildman–Crippen MR) is 129 cm³/mol. The first-order chi connectivity index (χ1) is 15.9. The number of nitrogens with one attached hydrogen (secondary N) is 3. The van der Waals surface area contributed by atoms with Crippen LogP contribution in [0.15, 0.2) is 35.4 Å². The normalized spacial score (nSPS) is 20.1. The van der Waals surface area contributed by atoms with E-state index in [1.165, 1.54) is 31.9 Å². The molecule has 1 aromatic heterocycles.